The van der Waals surface area contributed by atoms with E-state index in [0.29, 0.717) is 17.5 Å². The van der Waals surface area contributed by atoms with Crippen molar-refractivity contribution in [3.8, 4) is 78.8 Å². The fourth-order valence-corrected chi connectivity index (χ4v) is 10.9. The van der Waals surface area contributed by atoms with Crippen LogP contribution in [0.5, 0.6) is 0 Å². The number of hydrogen-bond donors (Lipinski definition) is 0. The van der Waals surface area contributed by atoms with Crippen LogP contribution in [0.3, 0.4) is 0 Å². The second kappa shape index (κ2) is 17.1. The molecule has 72 heavy (non-hydrogen) atoms. The van der Waals surface area contributed by atoms with Gasteiger partial charge in [-0.3, -0.25) is 0 Å². The van der Waals surface area contributed by atoms with Crippen LogP contribution < -0.4 is 0 Å². The third-order valence-electron chi connectivity index (χ3n) is 14.3. The lowest BCUT2D eigenvalue weighted by Gasteiger charge is -2.16. The molecule has 0 aliphatic rings. The van der Waals surface area contributed by atoms with E-state index in [1.54, 1.807) is 0 Å². The average molecular weight is 915 g/mol. The largest absolute Gasteiger partial charge is 0.246 e. The molecule has 14 aromatic rings. The van der Waals surface area contributed by atoms with Crippen molar-refractivity contribution < 1.29 is 0 Å². The zero-order chi connectivity index (χ0) is 47.5. The molecular weight excluding hydrogens is 873 g/mol. The Kier molecular flexibility index (Phi) is 9.82. The average Bonchev–Trinajstić information content (AvgIpc) is 3.46. The third kappa shape index (κ3) is 7.00. The molecule has 0 saturated heterocycles. The van der Waals surface area contributed by atoms with E-state index in [2.05, 4.69) is 255 Å². The van der Waals surface area contributed by atoms with Crippen LogP contribution in [0.4, 0.5) is 0 Å². The van der Waals surface area contributed by atoms with Crippen molar-refractivity contribution in [2.45, 2.75) is 0 Å². The minimum absolute atomic E-state index is 0.591. The Hall–Kier alpha value is -9.64. The number of para-hydroxylation sites is 1. The highest BCUT2D eigenvalue weighted by Crippen LogP contribution is 2.43. The van der Waals surface area contributed by atoms with E-state index >= 15 is 0 Å². The molecule has 0 fully saturated rings. The Bertz CT molecular complexity index is 4430. The SMILES string of the molecule is c1ccc(-c2nc3c(-c4cccc(-c5nc(-c6ccc(-c7cc8ccccc8c8ccccc78)cc6)nc(-c6cc7ccccc7c7ccccc67)n5)c4)cccc3c3c(-c4ccccc4)cccc23)cc1. The minimum Gasteiger partial charge on any atom is -0.246 e. The molecule has 334 valence electrons. The Balaban J connectivity index is 0.958. The van der Waals surface area contributed by atoms with Gasteiger partial charge in [-0.2, -0.15) is 0 Å². The molecule has 12 aromatic carbocycles. The van der Waals surface area contributed by atoms with Crippen molar-refractivity contribution in [2.24, 2.45) is 0 Å². The van der Waals surface area contributed by atoms with Gasteiger partial charge >= 0.3 is 0 Å². The first-order valence-corrected chi connectivity index (χ1v) is 24.5. The summed E-state index contributed by atoms with van der Waals surface area (Å²) >= 11 is 0. The van der Waals surface area contributed by atoms with Crippen molar-refractivity contribution >= 4 is 64.8 Å². The summed E-state index contributed by atoms with van der Waals surface area (Å²) in [5, 5.41) is 12.9. The lowest BCUT2D eigenvalue weighted by molar-refractivity contribution is 1.08. The summed E-state index contributed by atoms with van der Waals surface area (Å²) in [6, 6.07) is 90.6. The van der Waals surface area contributed by atoms with Crippen LogP contribution in [0.15, 0.2) is 255 Å². The second-order valence-electron chi connectivity index (χ2n) is 18.5. The molecule has 2 heterocycles. The van der Waals surface area contributed by atoms with Gasteiger partial charge in [-0.1, -0.05) is 237 Å². The van der Waals surface area contributed by atoms with E-state index in [4.69, 9.17) is 19.9 Å². The van der Waals surface area contributed by atoms with Crippen LogP contribution in [0.1, 0.15) is 0 Å². The Morgan fingerprint density at radius 2 is 0.653 bits per heavy atom. The van der Waals surface area contributed by atoms with E-state index in [0.717, 1.165) is 77.1 Å². The van der Waals surface area contributed by atoms with Gasteiger partial charge in [0, 0.05) is 44.0 Å². The first kappa shape index (κ1) is 41.3. The number of pyridine rings is 1. The monoisotopic (exact) mass is 914 g/mol. The van der Waals surface area contributed by atoms with E-state index in [9.17, 15) is 0 Å². The van der Waals surface area contributed by atoms with Gasteiger partial charge in [0.15, 0.2) is 17.5 Å². The molecule has 0 bridgehead atoms. The minimum atomic E-state index is 0.591. The molecule has 0 amide bonds. The van der Waals surface area contributed by atoms with Crippen molar-refractivity contribution in [2.75, 3.05) is 0 Å². The fraction of sp³-hybridized carbons (Fsp3) is 0. The Morgan fingerprint density at radius 1 is 0.208 bits per heavy atom. The number of nitrogens with zero attached hydrogens (tertiary/aromatic N) is 4. The van der Waals surface area contributed by atoms with Crippen LogP contribution in [-0.2, 0) is 0 Å². The predicted octanol–water partition coefficient (Wildman–Crippen LogP) is 17.9. The number of aromatic nitrogens is 4. The van der Waals surface area contributed by atoms with Crippen molar-refractivity contribution in [3.63, 3.8) is 0 Å². The van der Waals surface area contributed by atoms with Crippen LogP contribution in [0, 0.1) is 0 Å². The molecule has 0 saturated carbocycles. The van der Waals surface area contributed by atoms with Crippen LogP contribution in [0.25, 0.3) is 144 Å². The van der Waals surface area contributed by atoms with Gasteiger partial charge in [0.05, 0.1) is 11.2 Å². The Morgan fingerprint density at radius 3 is 1.33 bits per heavy atom. The second-order valence-corrected chi connectivity index (χ2v) is 18.5. The first-order valence-electron chi connectivity index (χ1n) is 24.5. The molecule has 4 heteroatoms. The Labute approximate surface area is 416 Å². The lowest BCUT2D eigenvalue weighted by Crippen LogP contribution is -2.01. The molecule has 14 rings (SSSR count). The highest BCUT2D eigenvalue weighted by molar-refractivity contribution is 6.20. The zero-order valence-electron chi connectivity index (χ0n) is 39.0. The summed E-state index contributed by atoms with van der Waals surface area (Å²) < 4.78 is 0. The lowest BCUT2D eigenvalue weighted by atomic mass is 9.91. The van der Waals surface area contributed by atoms with Crippen LogP contribution in [0.2, 0.25) is 0 Å². The van der Waals surface area contributed by atoms with Gasteiger partial charge in [-0.25, -0.2) is 19.9 Å². The highest BCUT2D eigenvalue weighted by Gasteiger charge is 2.20. The molecule has 0 aliphatic carbocycles. The smallest absolute Gasteiger partial charge is 0.164 e. The maximum Gasteiger partial charge on any atom is 0.164 e. The fourth-order valence-electron chi connectivity index (χ4n) is 10.9. The van der Waals surface area contributed by atoms with E-state index < -0.39 is 0 Å². The molecule has 2 aromatic heterocycles. The number of fused-ring (bicyclic) bond motifs is 9. The van der Waals surface area contributed by atoms with Gasteiger partial charge in [0.25, 0.3) is 0 Å². The summed E-state index contributed by atoms with van der Waals surface area (Å²) in [6.07, 6.45) is 0. The standard InChI is InChI=1S/C68H42N4/c1-3-18-43(19-4-1)53-32-16-34-59-63(53)60-35-17-33-54(65(60)69-64(59)45-20-5-2-6-21-45)47-24-15-25-50(40-47)67-70-66(71-68(72-67)62-42-49-23-8-10-27-52(49)56-29-12-14-31-58(56)62)46-38-36-44(37-39-46)61-41-48-22-7-9-26-51(48)55-28-11-13-30-57(55)61/h1-42H. The predicted molar refractivity (Wildman–Crippen MR) is 301 cm³/mol. The van der Waals surface area contributed by atoms with E-state index in [1.807, 2.05) is 0 Å². The molecule has 0 atom stereocenters. The van der Waals surface area contributed by atoms with Crippen molar-refractivity contribution in [1.29, 1.82) is 0 Å². The van der Waals surface area contributed by atoms with Gasteiger partial charge in [-0.15, -0.1) is 0 Å². The van der Waals surface area contributed by atoms with Crippen molar-refractivity contribution in [1.82, 2.24) is 19.9 Å². The summed E-state index contributed by atoms with van der Waals surface area (Å²) in [5.74, 6) is 1.81. The molecule has 0 aliphatic heterocycles. The first-order chi connectivity index (χ1) is 35.7. The number of rotatable bonds is 7. The number of benzene rings is 12. The molecule has 0 radical (unpaired) electrons. The maximum absolute atomic E-state index is 5.57. The topological polar surface area (TPSA) is 51.6 Å². The molecule has 0 N–H and O–H groups in total. The molecule has 4 nitrogen and oxygen atoms in total. The van der Waals surface area contributed by atoms with Gasteiger partial charge in [-0.05, 0) is 89.1 Å². The third-order valence-corrected chi connectivity index (χ3v) is 14.3. The van der Waals surface area contributed by atoms with Gasteiger partial charge in [0.1, 0.15) is 0 Å². The molecule has 0 spiro atoms. The summed E-state index contributed by atoms with van der Waals surface area (Å²) in [5.41, 5.74) is 12.4. The quantitative estimate of drug-likeness (QED) is 0.150. The zero-order valence-corrected chi connectivity index (χ0v) is 39.0. The highest BCUT2D eigenvalue weighted by atomic mass is 15.0. The van der Waals surface area contributed by atoms with Crippen LogP contribution in [-0.4, -0.2) is 19.9 Å². The maximum atomic E-state index is 5.57. The van der Waals surface area contributed by atoms with Crippen LogP contribution >= 0.6 is 0 Å². The summed E-state index contributed by atoms with van der Waals surface area (Å²) in [7, 11) is 0. The van der Waals surface area contributed by atoms with E-state index in [1.165, 1.54) is 49.0 Å². The molecule has 0 unspecified atom stereocenters. The van der Waals surface area contributed by atoms with Crippen molar-refractivity contribution in [3.05, 3.63) is 255 Å². The van der Waals surface area contributed by atoms with Gasteiger partial charge < -0.3 is 0 Å². The number of hydrogen-bond acceptors (Lipinski definition) is 4. The normalized spacial score (nSPS) is 11.6. The summed E-state index contributed by atoms with van der Waals surface area (Å²) in [4.78, 5) is 21.6. The van der Waals surface area contributed by atoms with Gasteiger partial charge in [0.2, 0.25) is 0 Å². The van der Waals surface area contributed by atoms with E-state index in [-0.39, 0.29) is 0 Å². The summed E-state index contributed by atoms with van der Waals surface area (Å²) in [6.45, 7) is 0. The molecular formula is C68H42N4.